The van der Waals surface area contributed by atoms with Crippen LogP contribution in [0.4, 0.5) is 5.69 Å². The van der Waals surface area contributed by atoms with Gasteiger partial charge in [-0.05, 0) is 31.4 Å². The molecule has 1 aromatic rings. The Bertz CT molecular complexity index is 306. The van der Waals surface area contributed by atoms with E-state index in [-0.39, 0.29) is 0 Å². The average molecular weight is 233 g/mol. The minimum absolute atomic E-state index is 0.583. The molecule has 1 unspecified atom stereocenters. The van der Waals surface area contributed by atoms with E-state index >= 15 is 0 Å². The number of benzene rings is 1. The van der Waals surface area contributed by atoms with Gasteiger partial charge in [-0.2, -0.15) is 0 Å². The van der Waals surface area contributed by atoms with Crippen molar-refractivity contribution in [2.24, 2.45) is 0 Å². The number of nitrogens with one attached hydrogen (secondary N) is 1. The molecule has 0 radical (unpaired) electrons. The Hall–Kier alpha value is -0.980. The molecular weight excluding hydrogens is 206 g/mol. The van der Waals surface area contributed by atoms with Crippen molar-refractivity contribution in [3.8, 4) is 0 Å². The molecular formula is C16H27N. The van der Waals surface area contributed by atoms with Crippen molar-refractivity contribution >= 4 is 5.69 Å². The fourth-order valence-electron chi connectivity index (χ4n) is 2.18. The first-order valence-electron chi connectivity index (χ1n) is 7.12. The minimum Gasteiger partial charge on any atom is -0.382 e. The van der Waals surface area contributed by atoms with Gasteiger partial charge in [0.15, 0.2) is 0 Å². The number of rotatable bonds is 8. The molecule has 1 heteroatoms. The largest absolute Gasteiger partial charge is 0.382 e. The van der Waals surface area contributed by atoms with Crippen LogP contribution in [0.25, 0.3) is 0 Å². The minimum atomic E-state index is 0.583. The first kappa shape index (κ1) is 14.1. The first-order valence-corrected chi connectivity index (χ1v) is 7.12. The van der Waals surface area contributed by atoms with Crippen molar-refractivity contribution in [3.63, 3.8) is 0 Å². The highest BCUT2D eigenvalue weighted by atomic mass is 14.9. The first-order chi connectivity index (χ1) is 8.27. The Balaban J connectivity index is 2.36. The highest BCUT2D eigenvalue weighted by Crippen LogP contribution is 2.18. The van der Waals surface area contributed by atoms with Gasteiger partial charge in [-0.25, -0.2) is 0 Å². The number of aryl methyl sites for hydroxylation is 1. The normalized spacial score (nSPS) is 12.4. The van der Waals surface area contributed by atoms with Crippen LogP contribution in [0.15, 0.2) is 24.3 Å². The van der Waals surface area contributed by atoms with E-state index in [1.54, 1.807) is 0 Å². The van der Waals surface area contributed by atoms with E-state index in [2.05, 4.69) is 50.4 Å². The van der Waals surface area contributed by atoms with Crippen molar-refractivity contribution < 1.29 is 0 Å². The fourth-order valence-corrected chi connectivity index (χ4v) is 2.18. The van der Waals surface area contributed by atoms with Gasteiger partial charge < -0.3 is 5.32 Å². The number of anilines is 1. The van der Waals surface area contributed by atoms with E-state index in [9.17, 15) is 0 Å². The second kappa shape index (κ2) is 8.16. The predicted octanol–water partition coefficient (Wildman–Crippen LogP) is 5.02. The van der Waals surface area contributed by atoms with Crippen LogP contribution in [0.5, 0.6) is 0 Å². The van der Waals surface area contributed by atoms with E-state index < -0.39 is 0 Å². The molecule has 17 heavy (non-hydrogen) atoms. The van der Waals surface area contributed by atoms with E-state index in [1.807, 2.05) is 0 Å². The van der Waals surface area contributed by atoms with Gasteiger partial charge in [0.1, 0.15) is 0 Å². The monoisotopic (exact) mass is 233 g/mol. The molecule has 0 spiro atoms. The lowest BCUT2D eigenvalue weighted by Crippen LogP contribution is -2.15. The average Bonchev–Trinajstić information content (AvgIpc) is 2.35. The maximum atomic E-state index is 3.64. The lowest BCUT2D eigenvalue weighted by molar-refractivity contribution is 0.593. The summed E-state index contributed by atoms with van der Waals surface area (Å²) in [6.45, 7) is 6.77. The Morgan fingerprint density at radius 2 is 1.82 bits per heavy atom. The molecule has 0 saturated heterocycles. The van der Waals surface area contributed by atoms with E-state index in [4.69, 9.17) is 0 Å². The standard InChI is InChI=1S/C16H27N/c1-4-6-7-8-11-14(3)17-16-13-10-9-12-15(16)5-2/h9-10,12-14,17H,4-8,11H2,1-3H3. The molecule has 1 rings (SSSR count). The number of para-hydroxylation sites is 1. The topological polar surface area (TPSA) is 12.0 Å². The van der Waals surface area contributed by atoms with Crippen LogP contribution in [0.1, 0.15) is 58.4 Å². The third-order valence-electron chi connectivity index (χ3n) is 3.29. The summed E-state index contributed by atoms with van der Waals surface area (Å²) >= 11 is 0. The zero-order valence-corrected chi connectivity index (χ0v) is 11.6. The van der Waals surface area contributed by atoms with Crippen molar-refractivity contribution in [1.29, 1.82) is 0 Å². The van der Waals surface area contributed by atoms with Crippen LogP contribution in [0, 0.1) is 0 Å². The quantitative estimate of drug-likeness (QED) is 0.622. The second-order valence-electron chi connectivity index (χ2n) is 4.91. The summed E-state index contributed by atoms with van der Waals surface area (Å²) in [7, 11) is 0. The van der Waals surface area contributed by atoms with Gasteiger partial charge in [-0.1, -0.05) is 57.7 Å². The molecule has 0 aliphatic carbocycles. The Kier molecular flexibility index (Phi) is 6.76. The van der Waals surface area contributed by atoms with Crippen LogP contribution >= 0.6 is 0 Å². The molecule has 0 fully saturated rings. The maximum absolute atomic E-state index is 3.64. The Morgan fingerprint density at radius 3 is 2.53 bits per heavy atom. The lowest BCUT2D eigenvalue weighted by atomic mass is 10.1. The summed E-state index contributed by atoms with van der Waals surface area (Å²) in [6, 6.07) is 9.23. The molecule has 0 aromatic heterocycles. The molecule has 0 bridgehead atoms. The SMILES string of the molecule is CCCCCCC(C)Nc1ccccc1CC. The van der Waals surface area contributed by atoms with Crippen LogP contribution in [-0.4, -0.2) is 6.04 Å². The van der Waals surface area contributed by atoms with Gasteiger partial charge in [0, 0.05) is 11.7 Å². The smallest absolute Gasteiger partial charge is 0.0374 e. The van der Waals surface area contributed by atoms with Gasteiger partial charge in [-0.15, -0.1) is 0 Å². The number of hydrogen-bond acceptors (Lipinski definition) is 1. The molecule has 0 aliphatic heterocycles. The van der Waals surface area contributed by atoms with Crippen molar-refractivity contribution in [2.75, 3.05) is 5.32 Å². The predicted molar refractivity (Wildman–Crippen MR) is 77.7 cm³/mol. The van der Waals surface area contributed by atoms with Gasteiger partial charge in [0.2, 0.25) is 0 Å². The van der Waals surface area contributed by atoms with Crippen LogP contribution in [0.3, 0.4) is 0 Å². The molecule has 0 saturated carbocycles. The summed E-state index contributed by atoms with van der Waals surface area (Å²) in [4.78, 5) is 0. The molecule has 0 heterocycles. The number of hydrogen-bond donors (Lipinski definition) is 1. The van der Waals surface area contributed by atoms with Crippen molar-refractivity contribution in [1.82, 2.24) is 0 Å². The Morgan fingerprint density at radius 1 is 1.06 bits per heavy atom. The zero-order chi connectivity index (χ0) is 12.5. The molecule has 1 aromatic carbocycles. The van der Waals surface area contributed by atoms with Crippen molar-refractivity contribution in [3.05, 3.63) is 29.8 Å². The third-order valence-corrected chi connectivity index (χ3v) is 3.29. The molecule has 1 nitrogen and oxygen atoms in total. The van der Waals surface area contributed by atoms with E-state index in [0.29, 0.717) is 6.04 Å². The number of unbranched alkanes of at least 4 members (excludes halogenated alkanes) is 3. The highest BCUT2D eigenvalue weighted by molar-refractivity contribution is 5.51. The molecule has 96 valence electrons. The summed E-state index contributed by atoms with van der Waals surface area (Å²) in [5.74, 6) is 0. The molecule has 1 atom stereocenters. The maximum Gasteiger partial charge on any atom is 0.0374 e. The second-order valence-corrected chi connectivity index (χ2v) is 4.91. The molecule has 0 aliphatic rings. The van der Waals surface area contributed by atoms with Crippen LogP contribution in [-0.2, 0) is 6.42 Å². The fraction of sp³-hybridized carbons (Fsp3) is 0.625. The van der Waals surface area contributed by atoms with Crippen molar-refractivity contribution in [2.45, 2.75) is 65.3 Å². The summed E-state index contributed by atoms with van der Waals surface area (Å²) in [5, 5.41) is 3.64. The van der Waals surface area contributed by atoms with Gasteiger partial charge >= 0.3 is 0 Å². The Labute approximate surface area is 107 Å². The lowest BCUT2D eigenvalue weighted by Gasteiger charge is -2.17. The van der Waals surface area contributed by atoms with E-state index in [1.165, 1.54) is 43.4 Å². The van der Waals surface area contributed by atoms with E-state index in [0.717, 1.165) is 6.42 Å². The summed E-state index contributed by atoms with van der Waals surface area (Å²) < 4.78 is 0. The third kappa shape index (κ3) is 5.25. The van der Waals surface area contributed by atoms with Gasteiger partial charge in [-0.3, -0.25) is 0 Å². The van der Waals surface area contributed by atoms with Crippen LogP contribution < -0.4 is 5.32 Å². The van der Waals surface area contributed by atoms with Gasteiger partial charge in [0.05, 0.1) is 0 Å². The summed E-state index contributed by atoms with van der Waals surface area (Å²) in [6.07, 6.45) is 7.79. The molecule has 1 N–H and O–H groups in total. The van der Waals surface area contributed by atoms with Gasteiger partial charge in [0.25, 0.3) is 0 Å². The highest BCUT2D eigenvalue weighted by Gasteiger charge is 2.04. The zero-order valence-electron chi connectivity index (χ0n) is 11.6. The van der Waals surface area contributed by atoms with Crippen LogP contribution in [0.2, 0.25) is 0 Å². The summed E-state index contributed by atoms with van der Waals surface area (Å²) in [5.41, 5.74) is 2.74. The molecule has 0 amide bonds.